The van der Waals surface area contributed by atoms with Gasteiger partial charge >= 0.3 is 0 Å². The monoisotopic (exact) mass is 340 g/mol. The van der Waals surface area contributed by atoms with Crippen molar-refractivity contribution < 1.29 is 4.74 Å². The average molecular weight is 341 g/mol. The largest absolute Gasteiger partial charge is 0.487 e. The average Bonchev–Trinajstić information content (AvgIpc) is 2.89. The van der Waals surface area contributed by atoms with Crippen molar-refractivity contribution in [2.75, 3.05) is 0 Å². The molecule has 0 radical (unpaired) electrons. The molecule has 2 heterocycles. The highest BCUT2D eigenvalue weighted by Crippen LogP contribution is 2.42. The second-order valence-corrected chi connectivity index (χ2v) is 7.78. The molecular formula is C20H21ClN2O. The number of aromatic amines is 1. The summed E-state index contributed by atoms with van der Waals surface area (Å²) in [5.74, 6) is 1.72. The number of nitrogens with one attached hydrogen (secondary N) is 1. The van der Waals surface area contributed by atoms with Gasteiger partial charge in [-0.05, 0) is 81.5 Å². The second kappa shape index (κ2) is 5.25. The summed E-state index contributed by atoms with van der Waals surface area (Å²) in [5.41, 5.74) is 6.43. The number of H-pyrrole nitrogens is 1. The Labute approximate surface area is 147 Å². The van der Waals surface area contributed by atoms with Gasteiger partial charge in [0.1, 0.15) is 17.2 Å². The smallest absolute Gasteiger partial charge is 0.142 e. The summed E-state index contributed by atoms with van der Waals surface area (Å²) in [6, 6.07) is 8.21. The Morgan fingerprint density at radius 3 is 2.67 bits per heavy atom. The Morgan fingerprint density at radius 2 is 1.88 bits per heavy atom. The predicted octanol–water partition coefficient (Wildman–Crippen LogP) is 5.60. The standard InChI is InChI=1S/C20H21ClN2O/c1-11-7-16-17(8-12(11)2)23-19(22-16)15-10-14(21)9-13-5-6-20(3,4)24-18(13)15/h7-10H,5-6H2,1-4H3,(H,22,23). The van der Waals surface area contributed by atoms with Crippen LogP contribution in [0.2, 0.25) is 5.02 Å². The van der Waals surface area contributed by atoms with Crippen LogP contribution in [0.4, 0.5) is 0 Å². The number of fused-ring (bicyclic) bond motifs is 2. The Hall–Kier alpha value is -2.00. The van der Waals surface area contributed by atoms with Crippen molar-refractivity contribution in [1.29, 1.82) is 0 Å². The minimum absolute atomic E-state index is 0.172. The van der Waals surface area contributed by atoms with Crippen LogP contribution in [-0.2, 0) is 6.42 Å². The van der Waals surface area contributed by atoms with E-state index < -0.39 is 0 Å². The minimum Gasteiger partial charge on any atom is -0.487 e. The first kappa shape index (κ1) is 15.5. The zero-order valence-electron chi connectivity index (χ0n) is 14.5. The van der Waals surface area contributed by atoms with Crippen molar-refractivity contribution in [3.8, 4) is 17.1 Å². The van der Waals surface area contributed by atoms with Crippen LogP contribution in [0.15, 0.2) is 24.3 Å². The number of nitrogens with zero attached hydrogens (tertiary/aromatic N) is 1. The van der Waals surface area contributed by atoms with E-state index in [1.165, 1.54) is 11.1 Å². The summed E-state index contributed by atoms with van der Waals surface area (Å²) in [5, 5.41) is 0.722. The minimum atomic E-state index is -0.172. The van der Waals surface area contributed by atoms with Crippen LogP contribution in [-0.4, -0.2) is 15.6 Å². The summed E-state index contributed by atoms with van der Waals surface area (Å²) >= 11 is 6.35. The molecule has 1 aliphatic heterocycles. The molecule has 0 unspecified atom stereocenters. The van der Waals surface area contributed by atoms with Crippen molar-refractivity contribution in [3.05, 3.63) is 46.0 Å². The van der Waals surface area contributed by atoms with Crippen molar-refractivity contribution >= 4 is 22.6 Å². The lowest BCUT2D eigenvalue weighted by Gasteiger charge is -2.33. The number of rotatable bonds is 1. The third-order valence-electron chi connectivity index (χ3n) is 4.86. The number of imidazole rings is 1. The summed E-state index contributed by atoms with van der Waals surface area (Å²) < 4.78 is 6.28. The maximum atomic E-state index is 6.35. The Balaban J connectivity index is 1.92. The number of aryl methyl sites for hydroxylation is 3. The number of benzene rings is 2. The van der Waals surface area contributed by atoms with Crippen molar-refractivity contribution in [2.24, 2.45) is 0 Å². The topological polar surface area (TPSA) is 37.9 Å². The fraction of sp³-hybridized carbons (Fsp3) is 0.350. The molecule has 24 heavy (non-hydrogen) atoms. The van der Waals surface area contributed by atoms with Gasteiger partial charge in [-0.25, -0.2) is 4.98 Å². The van der Waals surface area contributed by atoms with E-state index in [1.54, 1.807) is 0 Å². The van der Waals surface area contributed by atoms with E-state index in [4.69, 9.17) is 21.3 Å². The first-order chi connectivity index (χ1) is 11.3. The normalized spacial score (nSPS) is 16.0. The van der Waals surface area contributed by atoms with Gasteiger partial charge in [0.05, 0.1) is 16.6 Å². The number of hydrogen-bond donors (Lipinski definition) is 1. The third-order valence-corrected chi connectivity index (χ3v) is 5.08. The van der Waals surface area contributed by atoms with Crippen LogP contribution in [0.3, 0.4) is 0 Å². The van der Waals surface area contributed by atoms with Gasteiger partial charge in [0.25, 0.3) is 0 Å². The lowest BCUT2D eigenvalue weighted by atomic mass is 9.92. The van der Waals surface area contributed by atoms with Gasteiger partial charge in [0.2, 0.25) is 0 Å². The van der Waals surface area contributed by atoms with E-state index in [-0.39, 0.29) is 5.60 Å². The molecule has 0 amide bonds. The van der Waals surface area contributed by atoms with Gasteiger partial charge in [-0.15, -0.1) is 0 Å². The molecule has 3 aromatic rings. The molecule has 1 aliphatic rings. The maximum Gasteiger partial charge on any atom is 0.142 e. The van der Waals surface area contributed by atoms with Crippen LogP contribution in [0.25, 0.3) is 22.4 Å². The van der Waals surface area contributed by atoms with Gasteiger partial charge in [-0.1, -0.05) is 11.6 Å². The molecular weight excluding hydrogens is 320 g/mol. The van der Waals surface area contributed by atoms with Crippen LogP contribution in [0.5, 0.6) is 5.75 Å². The highest BCUT2D eigenvalue weighted by atomic mass is 35.5. The first-order valence-corrected chi connectivity index (χ1v) is 8.69. The molecule has 0 bridgehead atoms. The Kier molecular flexibility index (Phi) is 3.40. The molecule has 0 spiro atoms. The van der Waals surface area contributed by atoms with E-state index in [0.29, 0.717) is 0 Å². The number of hydrogen-bond acceptors (Lipinski definition) is 2. The molecule has 0 aliphatic carbocycles. The van der Waals surface area contributed by atoms with Gasteiger partial charge in [0, 0.05) is 5.02 Å². The molecule has 0 atom stereocenters. The third kappa shape index (κ3) is 2.57. The first-order valence-electron chi connectivity index (χ1n) is 8.31. The Morgan fingerprint density at radius 1 is 1.12 bits per heavy atom. The summed E-state index contributed by atoms with van der Waals surface area (Å²) in [7, 11) is 0. The highest BCUT2D eigenvalue weighted by Gasteiger charge is 2.29. The molecule has 1 N–H and O–H groups in total. The van der Waals surface area contributed by atoms with Crippen molar-refractivity contribution in [3.63, 3.8) is 0 Å². The van der Waals surface area contributed by atoms with Crippen molar-refractivity contribution in [2.45, 2.75) is 46.1 Å². The van der Waals surface area contributed by atoms with Crippen LogP contribution < -0.4 is 4.74 Å². The summed E-state index contributed by atoms with van der Waals surface area (Å²) in [6.07, 6.45) is 1.95. The van der Waals surface area contributed by atoms with Crippen LogP contribution in [0, 0.1) is 13.8 Å². The zero-order chi connectivity index (χ0) is 17.1. The number of aromatic nitrogens is 2. The van der Waals surface area contributed by atoms with Gasteiger partial charge in [0.15, 0.2) is 0 Å². The van der Waals surface area contributed by atoms with Gasteiger partial charge in [-0.2, -0.15) is 0 Å². The van der Waals surface area contributed by atoms with E-state index in [2.05, 4.69) is 44.8 Å². The van der Waals surface area contributed by atoms with Gasteiger partial charge < -0.3 is 9.72 Å². The second-order valence-electron chi connectivity index (χ2n) is 7.34. The molecule has 4 heteroatoms. The molecule has 124 valence electrons. The molecule has 0 saturated heterocycles. The highest BCUT2D eigenvalue weighted by molar-refractivity contribution is 6.31. The maximum absolute atomic E-state index is 6.35. The van der Waals surface area contributed by atoms with Crippen LogP contribution >= 0.6 is 11.6 Å². The lowest BCUT2D eigenvalue weighted by Crippen LogP contribution is -2.32. The molecule has 2 aromatic carbocycles. The molecule has 0 saturated carbocycles. The number of ether oxygens (including phenoxy) is 1. The quantitative estimate of drug-likeness (QED) is 0.625. The van der Waals surface area contributed by atoms with Crippen LogP contribution in [0.1, 0.15) is 37.0 Å². The van der Waals surface area contributed by atoms with Crippen molar-refractivity contribution in [1.82, 2.24) is 9.97 Å². The fourth-order valence-electron chi connectivity index (χ4n) is 3.29. The van der Waals surface area contributed by atoms with E-state index in [9.17, 15) is 0 Å². The zero-order valence-corrected chi connectivity index (χ0v) is 15.2. The SMILES string of the molecule is Cc1cc2nc(-c3cc(Cl)cc4c3OC(C)(C)CC4)[nH]c2cc1C. The molecule has 0 fully saturated rings. The molecule has 3 nitrogen and oxygen atoms in total. The molecule has 1 aromatic heterocycles. The summed E-state index contributed by atoms with van der Waals surface area (Å²) in [4.78, 5) is 8.22. The van der Waals surface area contributed by atoms with E-state index in [0.717, 1.165) is 51.6 Å². The number of halogens is 1. The fourth-order valence-corrected chi connectivity index (χ4v) is 3.53. The Bertz CT molecular complexity index is 917. The lowest BCUT2D eigenvalue weighted by molar-refractivity contribution is 0.0854. The predicted molar refractivity (Wildman–Crippen MR) is 99.0 cm³/mol. The van der Waals surface area contributed by atoms with E-state index >= 15 is 0 Å². The van der Waals surface area contributed by atoms with Gasteiger partial charge in [-0.3, -0.25) is 0 Å². The van der Waals surface area contributed by atoms with E-state index in [1.807, 2.05) is 12.1 Å². The molecule has 4 rings (SSSR count). The summed E-state index contributed by atoms with van der Waals surface area (Å²) in [6.45, 7) is 8.47.